The van der Waals surface area contributed by atoms with Crippen molar-refractivity contribution >= 4 is 16.9 Å². The molecule has 0 spiro atoms. The zero-order chi connectivity index (χ0) is 21.8. The van der Waals surface area contributed by atoms with Crippen molar-refractivity contribution < 1.29 is 9.53 Å². The van der Waals surface area contributed by atoms with Gasteiger partial charge in [-0.1, -0.05) is 36.4 Å². The summed E-state index contributed by atoms with van der Waals surface area (Å²) in [6.45, 7) is 0.330. The molecule has 3 aromatic heterocycles. The first-order chi connectivity index (χ1) is 15.8. The first kappa shape index (κ1) is 19.4. The lowest BCUT2D eigenvalue weighted by atomic mass is 10.2. The van der Waals surface area contributed by atoms with Crippen LogP contribution in [0.1, 0.15) is 15.9 Å². The molecular weight excluding hydrogens is 402 g/mol. The van der Waals surface area contributed by atoms with E-state index in [1.807, 2.05) is 71.3 Å². The number of benzene rings is 2. The van der Waals surface area contributed by atoms with Gasteiger partial charge in [-0.05, 0) is 48.0 Å². The number of carbonyl (C=O) groups is 1. The van der Waals surface area contributed by atoms with E-state index in [1.165, 1.54) is 0 Å². The third-order valence-electron chi connectivity index (χ3n) is 4.94. The molecule has 0 atom stereocenters. The van der Waals surface area contributed by atoms with Crippen molar-refractivity contribution in [1.82, 2.24) is 24.8 Å². The van der Waals surface area contributed by atoms with Crippen molar-refractivity contribution in [2.75, 3.05) is 0 Å². The molecule has 5 aromatic rings. The minimum Gasteiger partial charge on any atom is -0.438 e. The SMILES string of the molecule is O=C(NCc1ccc(-n2cnc3ccccc32)nc1)c1cccnc1Oc1ccccc1. The number of hydrogen-bond acceptors (Lipinski definition) is 5. The van der Waals surface area contributed by atoms with E-state index in [9.17, 15) is 4.79 Å². The summed E-state index contributed by atoms with van der Waals surface area (Å²) >= 11 is 0. The highest BCUT2D eigenvalue weighted by molar-refractivity contribution is 5.96. The van der Waals surface area contributed by atoms with Gasteiger partial charge in [-0.25, -0.2) is 15.0 Å². The number of amides is 1. The Bertz CT molecular complexity index is 1360. The standard InChI is InChI=1S/C25H19N5O2/c31-24(20-9-6-14-26-25(20)32-19-7-2-1-3-8-19)28-16-18-12-13-23(27-15-18)30-17-29-21-10-4-5-11-22(21)30/h1-15,17H,16H2,(H,28,31). The van der Waals surface area contributed by atoms with Crippen molar-refractivity contribution in [2.24, 2.45) is 0 Å². The van der Waals surface area contributed by atoms with Crippen molar-refractivity contribution in [3.8, 4) is 17.4 Å². The van der Waals surface area contributed by atoms with Crippen LogP contribution in [0.3, 0.4) is 0 Å². The molecule has 0 radical (unpaired) electrons. The molecule has 0 aliphatic rings. The summed E-state index contributed by atoms with van der Waals surface area (Å²) in [5.74, 6) is 1.37. The first-order valence-electron chi connectivity index (χ1n) is 10.1. The van der Waals surface area contributed by atoms with Gasteiger partial charge in [-0.15, -0.1) is 0 Å². The number of ether oxygens (including phenoxy) is 1. The van der Waals surface area contributed by atoms with Gasteiger partial charge in [0.05, 0.1) is 11.0 Å². The maximum absolute atomic E-state index is 12.8. The molecule has 3 heterocycles. The topological polar surface area (TPSA) is 81.9 Å². The molecule has 0 aliphatic heterocycles. The average molecular weight is 421 g/mol. The Morgan fingerprint density at radius 3 is 2.56 bits per heavy atom. The van der Waals surface area contributed by atoms with Gasteiger partial charge in [0.1, 0.15) is 23.5 Å². The van der Waals surface area contributed by atoms with Crippen LogP contribution in [0.25, 0.3) is 16.9 Å². The summed E-state index contributed by atoms with van der Waals surface area (Å²) in [5, 5.41) is 2.91. The molecule has 7 heteroatoms. The lowest BCUT2D eigenvalue weighted by Gasteiger charge is -2.10. The van der Waals surface area contributed by atoms with Gasteiger partial charge >= 0.3 is 0 Å². The number of nitrogens with zero attached hydrogens (tertiary/aromatic N) is 4. The van der Waals surface area contributed by atoms with Crippen LogP contribution in [0, 0.1) is 0 Å². The molecule has 1 N–H and O–H groups in total. The van der Waals surface area contributed by atoms with E-state index in [4.69, 9.17) is 4.74 Å². The summed E-state index contributed by atoms with van der Waals surface area (Å²) in [4.78, 5) is 25.9. The second-order valence-corrected chi connectivity index (χ2v) is 7.08. The predicted octanol–water partition coefficient (Wildman–Crippen LogP) is 4.54. The molecule has 0 fully saturated rings. The number of rotatable bonds is 6. The number of carbonyl (C=O) groups excluding carboxylic acids is 1. The van der Waals surface area contributed by atoms with Crippen LogP contribution >= 0.6 is 0 Å². The molecule has 0 aliphatic carbocycles. The number of fused-ring (bicyclic) bond motifs is 1. The van der Waals surface area contributed by atoms with E-state index >= 15 is 0 Å². The maximum atomic E-state index is 12.8. The van der Waals surface area contributed by atoms with Crippen LogP contribution in [-0.2, 0) is 6.54 Å². The van der Waals surface area contributed by atoms with Gasteiger partial charge < -0.3 is 10.1 Å². The molecule has 1 amide bonds. The molecule has 0 bridgehead atoms. The molecule has 7 nitrogen and oxygen atoms in total. The minimum absolute atomic E-state index is 0.261. The molecule has 2 aromatic carbocycles. The lowest BCUT2D eigenvalue weighted by molar-refractivity contribution is 0.0948. The van der Waals surface area contributed by atoms with E-state index in [1.54, 1.807) is 30.9 Å². The molecule has 0 unspecified atom stereocenters. The van der Waals surface area contributed by atoms with Gasteiger partial charge in [-0.2, -0.15) is 0 Å². The fourth-order valence-electron chi connectivity index (χ4n) is 3.33. The van der Waals surface area contributed by atoms with Gasteiger partial charge in [0.2, 0.25) is 5.88 Å². The highest BCUT2D eigenvalue weighted by Crippen LogP contribution is 2.22. The molecule has 0 saturated heterocycles. The molecule has 5 rings (SSSR count). The first-order valence-corrected chi connectivity index (χ1v) is 10.1. The van der Waals surface area contributed by atoms with Gasteiger partial charge in [0.25, 0.3) is 5.91 Å². The summed E-state index contributed by atoms with van der Waals surface area (Å²) in [5.41, 5.74) is 3.14. The average Bonchev–Trinajstić information content (AvgIpc) is 3.28. The highest BCUT2D eigenvalue weighted by atomic mass is 16.5. The van der Waals surface area contributed by atoms with Crippen LogP contribution in [0.2, 0.25) is 0 Å². The number of aromatic nitrogens is 4. The number of imidazole rings is 1. The number of nitrogens with one attached hydrogen (secondary N) is 1. The van der Waals surface area contributed by atoms with Crippen molar-refractivity contribution in [2.45, 2.75) is 6.54 Å². The Labute approximate surface area is 184 Å². The summed E-state index contributed by atoms with van der Waals surface area (Å²) < 4.78 is 7.71. The van der Waals surface area contributed by atoms with Gasteiger partial charge in [-0.3, -0.25) is 9.36 Å². The van der Waals surface area contributed by atoms with Crippen LogP contribution in [0.4, 0.5) is 0 Å². The van der Waals surface area contributed by atoms with Crippen LogP contribution in [-0.4, -0.2) is 25.4 Å². The Hall–Kier alpha value is -4.52. The minimum atomic E-state index is -0.270. The lowest BCUT2D eigenvalue weighted by Crippen LogP contribution is -2.23. The van der Waals surface area contributed by atoms with Gasteiger partial charge in [0, 0.05) is 18.9 Å². The molecule has 32 heavy (non-hydrogen) atoms. The van der Waals surface area contributed by atoms with E-state index in [0.717, 1.165) is 22.4 Å². The zero-order valence-corrected chi connectivity index (χ0v) is 17.1. The largest absolute Gasteiger partial charge is 0.438 e. The monoisotopic (exact) mass is 421 g/mol. The second-order valence-electron chi connectivity index (χ2n) is 7.08. The third-order valence-corrected chi connectivity index (χ3v) is 4.94. The number of hydrogen-bond donors (Lipinski definition) is 1. The molecule has 156 valence electrons. The second kappa shape index (κ2) is 8.69. The highest BCUT2D eigenvalue weighted by Gasteiger charge is 2.14. The molecular formula is C25H19N5O2. The Balaban J connectivity index is 1.28. The molecule has 0 saturated carbocycles. The Kier molecular flexibility index (Phi) is 5.28. The van der Waals surface area contributed by atoms with Crippen molar-refractivity contribution in [1.29, 1.82) is 0 Å². The maximum Gasteiger partial charge on any atom is 0.257 e. The predicted molar refractivity (Wildman–Crippen MR) is 121 cm³/mol. The summed E-state index contributed by atoms with van der Waals surface area (Å²) in [7, 11) is 0. The Morgan fingerprint density at radius 2 is 1.72 bits per heavy atom. The van der Waals surface area contributed by atoms with Crippen LogP contribution < -0.4 is 10.1 Å². The summed E-state index contributed by atoms with van der Waals surface area (Å²) in [6, 6.07) is 24.4. The van der Waals surface area contributed by atoms with E-state index in [0.29, 0.717) is 17.9 Å². The van der Waals surface area contributed by atoms with Crippen LogP contribution in [0.5, 0.6) is 11.6 Å². The van der Waals surface area contributed by atoms with Crippen molar-refractivity contribution in [3.05, 3.63) is 109 Å². The normalized spacial score (nSPS) is 10.8. The fraction of sp³-hybridized carbons (Fsp3) is 0.0400. The van der Waals surface area contributed by atoms with Crippen molar-refractivity contribution in [3.63, 3.8) is 0 Å². The van der Waals surface area contributed by atoms with E-state index in [-0.39, 0.29) is 11.8 Å². The summed E-state index contributed by atoms with van der Waals surface area (Å²) in [6.07, 6.45) is 5.09. The van der Waals surface area contributed by atoms with Gasteiger partial charge in [0.15, 0.2) is 0 Å². The van der Waals surface area contributed by atoms with Crippen LogP contribution in [0.15, 0.2) is 97.6 Å². The fourth-order valence-corrected chi connectivity index (χ4v) is 3.33. The van der Waals surface area contributed by atoms with E-state index < -0.39 is 0 Å². The quantitative estimate of drug-likeness (QED) is 0.435. The number of pyridine rings is 2. The third kappa shape index (κ3) is 4.04. The van der Waals surface area contributed by atoms with E-state index in [2.05, 4.69) is 20.3 Å². The number of para-hydroxylation sites is 3. The smallest absolute Gasteiger partial charge is 0.257 e. The Morgan fingerprint density at radius 1 is 0.875 bits per heavy atom. The zero-order valence-electron chi connectivity index (χ0n) is 17.1.